The lowest BCUT2D eigenvalue weighted by Crippen LogP contribution is -2.26. The molecule has 0 radical (unpaired) electrons. The zero-order chi connectivity index (χ0) is 11.4. The van der Waals surface area contributed by atoms with Crippen LogP contribution in [-0.4, -0.2) is 17.8 Å². The summed E-state index contributed by atoms with van der Waals surface area (Å²) in [6, 6.07) is 5.62. The average molecular weight is 229 g/mol. The summed E-state index contributed by atoms with van der Waals surface area (Å²) in [6.07, 6.45) is 0. The molecule has 4 N–H and O–H groups in total. The van der Waals surface area contributed by atoms with E-state index in [0.717, 1.165) is 5.69 Å². The number of anilines is 2. The molecule has 0 heterocycles. The van der Waals surface area contributed by atoms with Gasteiger partial charge in [-0.1, -0.05) is 24.6 Å². The summed E-state index contributed by atoms with van der Waals surface area (Å²) in [5.74, 6) is 0.170. The van der Waals surface area contributed by atoms with Gasteiger partial charge >= 0.3 is 0 Å². The monoisotopic (exact) mass is 228 g/mol. The summed E-state index contributed by atoms with van der Waals surface area (Å²) >= 11 is 5.90. The van der Waals surface area contributed by atoms with Crippen LogP contribution in [0.15, 0.2) is 18.2 Å². The maximum absolute atomic E-state index is 9.01. The topological polar surface area (TPSA) is 58.3 Å². The fraction of sp³-hybridized carbons (Fsp3) is 0.455. The summed E-state index contributed by atoms with van der Waals surface area (Å²) in [5, 5.41) is 12.8. The van der Waals surface area contributed by atoms with Crippen LogP contribution in [0, 0.1) is 5.92 Å². The van der Waals surface area contributed by atoms with Crippen molar-refractivity contribution in [3.8, 4) is 0 Å². The van der Waals surface area contributed by atoms with Crippen LogP contribution < -0.4 is 11.1 Å². The molecule has 0 fully saturated rings. The first-order valence-electron chi connectivity index (χ1n) is 4.97. The number of nitrogens with two attached hydrogens (primary N) is 1. The highest BCUT2D eigenvalue weighted by molar-refractivity contribution is 6.33. The van der Waals surface area contributed by atoms with E-state index >= 15 is 0 Å². The van der Waals surface area contributed by atoms with Crippen LogP contribution in [-0.2, 0) is 0 Å². The summed E-state index contributed by atoms with van der Waals surface area (Å²) in [7, 11) is 0. The molecule has 1 aromatic carbocycles. The van der Waals surface area contributed by atoms with Gasteiger partial charge in [-0.3, -0.25) is 0 Å². The Balaban J connectivity index is 2.76. The number of benzene rings is 1. The quantitative estimate of drug-likeness (QED) is 0.694. The molecule has 1 rings (SSSR count). The molecule has 0 aliphatic rings. The van der Waals surface area contributed by atoms with Gasteiger partial charge in [-0.2, -0.15) is 0 Å². The molecule has 0 saturated carbocycles. The summed E-state index contributed by atoms with van der Waals surface area (Å²) < 4.78 is 0. The van der Waals surface area contributed by atoms with E-state index in [9.17, 15) is 0 Å². The SMILES string of the molecule is CC(CO)C(C)Nc1cccc(Cl)c1N. The number of nitrogens with one attached hydrogen (secondary N) is 1. The number of hydrogen-bond donors (Lipinski definition) is 3. The van der Waals surface area contributed by atoms with E-state index in [2.05, 4.69) is 5.32 Å². The molecule has 2 atom stereocenters. The number of nitrogen functional groups attached to an aromatic ring is 1. The van der Waals surface area contributed by atoms with Crippen LogP contribution in [0.25, 0.3) is 0 Å². The second kappa shape index (κ2) is 5.24. The van der Waals surface area contributed by atoms with Crippen LogP contribution >= 0.6 is 11.6 Å². The van der Waals surface area contributed by atoms with Crippen molar-refractivity contribution in [2.75, 3.05) is 17.7 Å². The number of aliphatic hydroxyl groups excluding tert-OH is 1. The lowest BCUT2D eigenvalue weighted by molar-refractivity contribution is 0.226. The maximum Gasteiger partial charge on any atom is 0.0739 e. The highest BCUT2D eigenvalue weighted by Crippen LogP contribution is 2.27. The first-order chi connectivity index (χ1) is 7.06. The Morgan fingerprint density at radius 1 is 1.47 bits per heavy atom. The molecular weight excluding hydrogens is 212 g/mol. The van der Waals surface area contributed by atoms with Gasteiger partial charge in [-0.05, 0) is 25.0 Å². The van der Waals surface area contributed by atoms with E-state index in [4.69, 9.17) is 22.4 Å². The van der Waals surface area contributed by atoms with Crippen LogP contribution in [0.1, 0.15) is 13.8 Å². The highest BCUT2D eigenvalue weighted by atomic mass is 35.5. The minimum absolute atomic E-state index is 0.147. The van der Waals surface area contributed by atoms with Crippen LogP contribution in [0.4, 0.5) is 11.4 Å². The third-order valence-corrected chi connectivity index (χ3v) is 2.91. The second-order valence-corrected chi connectivity index (χ2v) is 4.20. The summed E-state index contributed by atoms with van der Waals surface area (Å²) in [4.78, 5) is 0. The van der Waals surface area contributed by atoms with E-state index in [1.54, 1.807) is 6.07 Å². The fourth-order valence-electron chi connectivity index (χ4n) is 1.21. The lowest BCUT2D eigenvalue weighted by atomic mass is 10.0. The molecule has 0 aliphatic heterocycles. The largest absolute Gasteiger partial charge is 0.396 e. The Bertz CT molecular complexity index is 330. The molecule has 3 nitrogen and oxygen atoms in total. The normalized spacial score (nSPS) is 14.7. The van der Waals surface area contributed by atoms with Crippen molar-refractivity contribution in [1.82, 2.24) is 0 Å². The van der Waals surface area contributed by atoms with Crippen LogP contribution in [0.3, 0.4) is 0 Å². The van der Waals surface area contributed by atoms with E-state index in [0.29, 0.717) is 10.7 Å². The predicted octanol–water partition coefficient (Wildman–Crippen LogP) is 2.35. The number of rotatable bonds is 4. The van der Waals surface area contributed by atoms with Crippen molar-refractivity contribution in [1.29, 1.82) is 0 Å². The molecule has 2 unspecified atom stereocenters. The first kappa shape index (κ1) is 12.1. The molecule has 4 heteroatoms. The standard InChI is InChI=1S/C11H17ClN2O/c1-7(6-15)8(2)14-10-5-3-4-9(12)11(10)13/h3-5,7-8,14-15H,6,13H2,1-2H3. The molecule has 0 saturated heterocycles. The molecule has 0 aromatic heterocycles. The van der Waals surface area contributed by atoms with Gasteiger partial charge in [0, 0.05) is 12.6 Å². The minimum Gasteiger partial charge on any atom is -0.396 e. The molecule has 15 heavy (non-hydrogen) atoms. The van der Waals surface area contributed by atoms with Gasteiger partial charge in [0.1, 0.15) is 0 Å². The van der Waals surface area contributed by atoms with Crippen LogP contribution in [0.5, 0.6) is 0 Å². The Kier molecular flexibility index (Phi) is 4.24. The zero-order valence-electron chi connectivity index (χ0n) is 9.00. The number of hydrogen-bond acceptors (Lipinski definition) is 3. The maximum atomic E-state index is 9.01. The van der Waals surface area contributed by atoms with Crippen molar-refractivity contribution in [3.63, 3.8) is 0 Å². The van der Waals surface area contributed by atoms with Gasteiger partial charge in [-0.25, -0.2) is 0 Å². The van der Waals surface area contributed by atoms with Crippen LogP contribution in [0.2, 0.25) is 5.02 Å². The van der Waals surface area contributed by atoms with Crippen molar-refractivity contribution < 1.29 is 5.11 Å². The molecule has 0 spiro atoms. The van der Waals surface area contributed by atoms with Crippen molar-refractivity contribution in [2.45, 2.75) is 19.9 Å². The Morgan fingerprint density at radius 3 is 2.73 bits per heavy atom. The molecule has 0 aliphatic carbocycles. The predicted molar refractivity (Wildman–Crippen MR) is 65.2 cm³/mol. The fourth-order valence-corrected chi connectivity index (χ4v) is 1.38. The lowest BCUT2D eigenvalue weighted by Gasteiger charge is -2.21. The van der Waals surface area contributed by atoms with Gasteiger partial charge in [0.15, 0.2) is 0 Å². The summed E-state index contributed by atoms with van der Waals surface area (Å²) in [6.45, 7) is 4.12. The van der Waals surface area contributed by atoms with E-state index in [1.165, 1.54) is 0 Å². The molecule has 0 amide bonds. The number of para-hydroxylation sites is 1. The molecule has 1 aromatic rings. The zero-order valence-corrected chi connectivity index (χ0v) is 9.75. The smallest absolute Gasteiger partial charge is 0.0739 e. The van der Waals surface area contributed by atoms with Crippen molar-refractivity contribution in [3.05, 3.63) is 23.2 Å². The molecule has 84 valence electrons. The Hall–Kier alpha value is -0.930. The molecular formula is C11H17ClN2O. The number of aliphatic hydroxyl groups is 1. The van der Waals surface area contributed by atoms with E-state index < -0.39 is 0 Å². The average Bonchev–Trinajstić information content (AvgIpc) is 2.23. The van der Waals surface area contributed by atoms with Gasteiger partial charge in [0.05, 0.1) is 16.4 Å². The first-order valence-corrected chi connectivity index (χ1v) is 5.35. The van der Waals surface area contributed by atoms with Gasteiger partial charge in [-0.15, -0.1) is 0 Å². The molecule has 0 bridgehead atoms. The van der Waals surface area contributed by atoms with Gasteiger partial charge < -0.3 is 16.2 Å². The minimum atomic E-state index is 0.147. The van der Waals surface area contributed by atoms with Crippen molar-refractivity contribution in [2.24, 2.45) is 5.92 Å². The van der Waals surface area contributed by atoms with E-state index in [-0.39, 0.29) is 18.6 Å². The van der Waals surface area contributed by atoms with Gasteiger partial charge in [0.25, 0.3) is 0 Å². The third kappa shape index (κ3) is 3.01. The van der Waals surface area contributed by atoms with Crippen molar-refractivity contribution >= 4 is 23.0 Å². The second-order valence-electron chi connectivity index (χ2n) is 3.79. The third-order valence-electron chi connectivity index (χ3n) is 2.58. The van der Waals surface area contributed by atoms with E-state index in [1.807, 2.05) is 26.0 Å². The summed E-state index contributed by atoms with van der Waals surface area (Å²) in [5.41, 5.74) is 7.18. The Labute approximate surface area is 95.2 Å². The highest BCUT2D eigenvalue weighted by Gasteiger charge is 2.12. The van der Waals surface area contributed by atoms with Gasteiger partial charge in [0.2, 0.25) is 0 Å². The number of halogens is 1. The Morgan fingerprint density at radius 2 is 2.13 bits per heavy atom.